The van der Waals surface area contributed by atoms with Gasteiger partial charge in [0, 0.05) is 22.2 Å². The fraction of sp³-hybridized carbons (Fsp3) is 0.385. The molecule has 1 N–H and O–H groups in total. The number of nitrogens with zero attached hydrogens (tertiary/aromatic N) is 2. The molecule has 0 aromatic carbocycles. The van der Waals surface area contributed by atoms with E-state index in [1.165, 1.54) is 17.7 Å². The predicted molar refractivity (Wildman–Crippen MR) is 87.5 cm³/mol. The van der Waals surface area contributed by atoms with E-state index in [0.29, 0.717) is 10.6 Å². The summed E-state index contributed by atoms with van der Waals surface area (Å²) in [5, 5.41) is 3.04. The summed E-state index contributed by atoms with van der Waals surface area (Å²) in [6.45, 7) is 1.72. The summed E-state index contributed by atoms with van der Waals surface area (Å²) in [6, 6.07) is 3.69. The number of halogens is 1. The summed E-state index contributed by atoms with van der Waals surface area (Å²) in [4.78, 5) is 10.1. The first kappa shape index (κ1) is 14.2. The third-order valence-corrected chi connectivity index (χ3v) is 7.49. The Morgan fingerprint density at radius 3 is 2.85 bits per heavy atom. The summed E-state index contributed by atoms with van der Waals surface area (Å²) in [6.07, 6.45) is 6.18. The monoisotopic (exact) mass is 371 g/mol. The molecule has 7 heteroatoms. The topological polar surface area (TPSA) is 54.9 Å². The summed E-state index contributed by atoms with van der Waals surface area (Å²) >= 11 is 4.93. The highest BCUT2D eigenvalue weighted by atomic mass is 79.9. The van der Waals surface area contributed by atoms with Gasteiger partial charge in [-0.15, -0.1) is 11.3 Å². The van der Waals surface area contributed by atoms with Crippen LogP contribution in [0.5, 0.6) is 0 Å². The van der Waals surface area contributed by atoms with Crippen LogP contribution in [-0.4, -0.2) is 16.6 Å². The van der Waals surface area contributed by atoms with Crippen LogP contribution in [0.2, 0.25) is 0 Å². The summed E-state index contributed by atoms with van der Waals surface area (Å²) < 4.78 is 14.5. The Labute approximate surface area is 130 Å². The molecule has 106 valence electrons. The molecule has 0 bridgehead atoms. The van der Waals surface area contributed by atoms with Crippen LogP contribution in [0.15, 0.2) is 22.8 Å². The lowest BCUT2D eigenvalue weighted by Gasteiger charge is -2.12. The second-order valence-corrected chi connectivity index (χ2v) is 9.77. The molecule has 0 amide bonds. The molecular formula is C13H15BrN3OPS. The zero-order valence-electron chi connectivity index (χ0n) is 11.1. The zero-order valence-corrected chi connectivity index (χ0v) is 14.4. The van der Waals surface area contributed by atoms with Gasteiger partial charge in [-0.25, -0.2) is 9.97 Å². The Hall–Kier alpha value is -0.710. The maximum atomic E-state index is 12.9. The van der Waals surface area contributed by atoms with Crippen molar-refractivity contribution in [3.05, 3.63) is 33.4 Å². The van der Waals surface area contributed by atoms with Crippen molar-refractivity contribution in [2.75, 3.05) is 11.8 Å². The van der Waals surface area contributed by atoms with Gasteiger partial charge < -0.3 is 5.09 Å². The molecule has 2 aromatic heterocycles. The van der Waals surface area contributed by atoms with Gasteiger partial charge in [0.1, 0.15) is 5.82 Å². The van der Waals surface area contributed by atoms with E-state index < -0.39 is 7.29 Å². The van der Waals surface area contributed by atoms with Gasteiger partial charge in [-0.1, -0.05) is 0 Å². The maximum Gasteiger partial charge on any atom is 0.224 e. The summed E-state index contributed by atoms with van der Waals surface area (Å²) in [5.74, 6) is 0.618. The van der Waals surface area contributed by atoms with Crippen LogP contribution < -0.4 is 9.84 Å². The van der Waals surface area contributed by atoms with Gasteiger partial charge in [-0.2, -0.15) is 0 Å². The Bertz CT molecular complexity index is 647. The summed E-state index contributed by atoms with van der Waals surface area (Å²) in [5.41, 5.74) is 1.14. The highest BCUT2D eigenvalue weighted by molar-refractivity contribution is 9.10. The molecule has 3 rings (SSSR count). The minimum Gasteiger partial charge on any atom is -0.316 e. The Morgan fingerprint density at radius 1 is 1.35 bits per heavy atom. The fourth-order valence-electron chi connectivity index (χ4n) is 2.23. The van der Waals surface area contributed by atoms with E-state index in [1.807, 2.05) is 12.1 Å². The smallest absolute Gasteiger partial charge is 0.224 e. The van der Waals surface area contributed by atoms with Gasteiger partial charge in [0.15, 0.2) is 4.75 Å². The summed E-state index contributed by atoms with van der Waals surface area (Å²) in [7, 11) is -2.71. The quantitative estimate of drug-likeness (QED) is 0.833. The molecule has 0 spiro atoms. The number of fused-ring (bicyclic) bond motifs is 1. The molecule has 0 fully saturated rings. The standard InChI is InChI=1S/C13H15BrN3OPS/c1-19(18,17-12-7-6-9(14)8-15-12)13-16-10-4-2-3-5-11(10)20-13/h6-8H,2-5H2,1H3,(H,15,17,18)/t19-/m0/s1. The lowest BCUT2D eigenvalue weighted by atomic mass is 10.0. The van der Waals surface area contributed by atoms with Gasteiger partial charge in [0.2, 0.25) is 7.29 Å². The average Bonchev–Trinajstić information content (AvgIpc) is 2.86. The second kappa shape index (κ2) is 5.58. The van der Waals surface area contributed by atoms with E-state index in [-0.39, 0.29) is 0 Å². The third-order valence-electron chi connectivity index (χ3n) is 3.25. The van der Waals surface area contributed by atoms with Crippen LogP contribution in [0.4, 0.5) is 5.82 Å². The number of aryl methyl sites for hydroxylation is 2. The number of hydrogen-bond acceptors (Lipinski definition) is 4. The van der Waals surface area contributed by atoms with Gasteiger partial charge in [-0.3, -0.25) is 4.57 Å². The molecule has 0 saturated carbocycles. The van der Waals surface area contributed by atoms with Crippen LogP contribution in [0, 0.1) is 0 Å². The van der Waals surface area contributed by atoms with Crippen LogP contribution in [0.1, 0.15) is 23.4 Å². The van der Waals surface area contributed by atoms with Crippen molar-refractivity contribution < 1.29 is 4.57 Å². The third kappa shape index (κ3) is 2.97. The lowest BCUT2D eigenvalue weighted by Crippen LogP contribution is -2.11. The molecule has 0 aliphatic heterocycles. The van der Waals surface area contributed by atoms with Crippen molar-refractivity contribution in [1.82, 2.24) is 9.97 Å². The minimum atomic E-state index is -2.71. The predicted octanol–water partition coefficient (Wildman–Crippen LogP) is 3.82. The second-order valence-electron chi connectivity index (χ2n) is 4.97. The Kier molecular flexibility index (Phi) is 3.98. The van der Waals surface area contributed by atoms with Crippen LogP contribution in [0.25, 0.3) is 0 Å². The minimum absolute atomic E-state index is 0.618. The van der Waals surface area contributed by atoms with Crippen molar-refractivity contribution in [2.45, 2.75) is 25.7 Å². The van der Waals surface area contributed by atoms with Gasteiger partial charge in [0.05, 0.1) is 5.69 Å². The molecule has 0 radical (unpaired) electrons. The number of pyridine rings is 1. The number of aromatic nitrogens is 2. The SMILES string of the molecule is C[P@@](=O)(Nc1ccc(Br)cn1)c1nc2c(s1)CCCC2. The van der Waals surface area contributed by atoms with E-state index in [9.17, 15) is 4.57 Å². The van der Waals surface area contributed by atoms with Gasteiger partial charge in [-0.05, 0) is 53.7 Å². The van der Waals surface area contributed by atoms with Crippen molar-refractivity contribution >= 4 is 45.1 Å². The normalized spacial score (nSPS) is 17.3. The number of anilines is 1. The van der Waals surface area contributed by atoms with Crippen molar-refractivity contribution in [3.8, 4) is 0 Å². The fourth-order valence-corrected chi connectivity index (χ4v) is 5.49. The first-order valence-electron chi connectivity index (χ1n) is 6.51. The average molecular weight is 372 g/mol. The zero-order chi connectivity index (χ0) is 14.2. The van der Waals surface area contributed by atoms with E-state index in [0.717, 1.165) is 23.0 Å². The number of nitrogens with one attached hydrogen (secondary N) is 1. The number of thiazole rings is 1. The molecule has 0 saturated heterocycles. The van der Waals surface area contributed by atoms with Crippen LogP contribution in [0.3, 0.4) is 0 Å². The number of hydrogen-bond donors (Lipinski definition) is 1. The molecule has 0 unspecified atom stereocenters. The molecule has 1 aliphatic rings. The molecule has 4 nitrogen and oxygen atoms in total. The Morgan fingerprint density at radius 2 is 2.15 bits per heavy atom. The van der Waals surface area contributed by atoms with Crippen molar-refractivity contribution in [2.24, 2.45) is 0 Å². The first-order valence-corrected chi connectivity index (χ1v) is 10.3. The molecule has 2 heterocycles. The first-order chi connectivity index (χ1) is 9.54. The highest BCUT2D eigenvalue weighted by Crippen LogP contribution is 2.42. The van der Waals surface area contributed by atoms with Gasteiger partial charge >= 0.3 is 0 Å². The van der Waals surface area contributed by atoms with E-state index in [2.05, 4.69) is 31.0 Å². The van der Waals surface area contributed by atoms with Crippen molar-refractivity contribution in [3.63, 3.8) is 0 Å². The van der Waals surface area contributed by atoms with E-state index >= 15 is 0 Å². The highest BCUT2D eigenvalue weighted by Gasteiger charge is 2.26. The molecule has 2 aromatic rings. The Balaban J connectivity index is 1.85. The van der Waals surface area contributed by atoms with Crippen LogP contribution >= 0.6 is 34.6 Å². The molecule has 1 atom stereocenters. The van der Waals surface area contributed by atoms with Crippen LogP contribution in [-0.2, 0) is 17.4 Å². The largest absolute Gasteiger partial charge is 0.316 e. The van der Waals surface area contributed by atoms with E-state index in [4.69, 9.17) is 0 Å². The lowest BCUT2D eigenvalue weighted by molar-refractivity contribution is 0.587. The molecule has 20 heavy (non-hydrogen) atoms. The van der Waals surface area contributed by atoms with Gasteiger partial charge in [0.25, 0.3) is 0 Å². The van der Waals surface area contributed by atoms with Crippen molar-refractivity contribution in [1.29, 1.82) is 0 Å². The molecular weight excluding hydrogens is 357 g/mol. The maximum absolute atomic E-state index is 12.9. The number of rotatable bonds is 3. The van der Waals surface area contributed by atoms with E-state index in [1.54, 1.807) is 24.2 Å². The molecule has 1 aliphatic carbocycles.